The van der Waals surface area contributed by atoms with Crippen LogP contribution >= 0.6 is 0 Å². The fraction of sp³-hybridized carbons (Fsp3) is 0.815. The van der Waals surface area contributed by atoms with Gasteiger partial charge in [-0.3, -0.25) is 4.79 Å². The first-order valence-electron chi connectivity index (χ1n) is 13.6. The van der Waals surface area contributed by atoms with Crippen LogP contribution in [0.2, 0.25) is 0 Å². The standard InChI is InChI=1S/C27H49NO8/c1-3-5-7-9-10-11-12-13-14-16-21(30)20(28-23(31)17-15-8-6-4-2)19-35-27-26(34)25(33)24(32)22(18-29)36-27/h10-11,14,16,20-22,24-27,29-30,32-34H,3-9,12-13,15,17-19H2,1-2H3,(H,28,31)/b11-10+,16-14+. The van der Waals surface area contributed by atoms with E-state index in [1.807, 2.05) is 6.08 Å². The Morgan fingerprint density at radius 3 is 2.28 bits per heavy atom. The van der Waals surface area contributed by atoms with Crippen molar-refractivity contribution in [1.82, 2.24) is 5.32 Å². The molecule has 1 saturated heterocycles. The molecule has 7 unspecified atom stereocenters. The number of carbonyl (C=O) groups is 1. The van der Waals surface area contributed by atoms with Crippen molar-refractivity contribution in [3.05, 3.63) is 24.3 Å². The molecule has 9 heteroatoms. The highest BCUT2D eigenvalue weighted by molar-refractivity contribution is 5.76. The van der Waals surface area contributed by atoms with E-state index in [0.717, 1.165) is 44.9 Å². The highest BCUT2D eigenvalue weighted by Crippen LogP contribution is 2.22. The fourth-order valence-corrected chi connectivity index (χ4v) is 3.93. The monoisotopic (exact) mass is 515 g/mol. The van der Waals surface area contributed by atoms with Gasteiger partial charge in [-0.25, -0.2) is 0 Å². The summed E-state index contributed by atoms with van der Waals surface area (Å²) in [6.45, 7) is 3.50. The molecule has 1 aliphatic heterocycles. The second-order valence-electron chi connectivity index (χ2n) is 9.48. The van der Waals surface area contributed by atoms with Crippen LogP contribution in [0.15, 0.2) is 24.3 Å². The van der Waals surface area contributed by atoms with Gasteiger partial charge in [0.25, 0.3) is 0 Å². The number of aliphatic hydroxyl groups is 5. The molecule has 36 heavy (non-hydrogen) atoms. The van der Waals surface area contributed by atoms with Crippen LogP contribution in [0.1, 0.15) is 84.5 Å². The Morgan fingerprint density at radius 1 is 0.917 bits per heavy atom. The van der Waals surface area contributed by atoms with Gasteiger partial charge < -0.3 is 40.3 Å². The van der Waals surface area contributed by atoms with Crippen molar-refractivity contribution in [3.8, 4) is 0 Å². The van der Waals surface area contributed by atoms with E-state index in [4.69, 9.17) is 9.47 Å². The molecule has 1 fully saturated rings. The van der Waals surface area contributed by atoms with Gasteiger partial charge in [0.1, 0.15) is 24.4 Å². The summed E-state index contributed by atoms with van der Waals surface area (Å²) in [5, 5.41) is 53.0. The van der Waals surface area contributed by atoms with Crippen LogP contribution in [0, 0.1) is 0 Å². The van der Waals surface area contributed by atoms with E-state index in [-0.39, 0.29) is 12.5 Å². The van der Waals surface area contributed by atoms with Gasteiger partial charge in [0.2, 0.25) is 5.91 Å². The molecule has 0 spiro atoms. The van der Waals surface area contributed by atoms with Crippen molar-refractivity contribution in [2.24, 2.45) is 0 Å². The number of amides is 1. The molecule has 210 valence electrons. The van der Waals surface area contributed by atoms with E-state index in [1.54, 1.807) is 6.08 Å². The maximum absolute atomic E-state index is 12.5. The number of hydrogen-bond acceptors (Lipinski definition) is 8. The Balaban J connectivity index is 2.66. The van der Waals surface area contributed by atoms with E-state index in [9.17, 15) is 30.3 Å². The van der Waals surface area contributed by atoms with Crippen LogP contribution in [0.25, 0.3) is 0 Å². The summed E-state index contributed by atoms with van der Waals surface area (Å²) >= 11 is 0. The number of unbranched alkanes of at least 4 members (excludes halogenated alkanes) is 7. The summed E-state index contributed by atoms with van der Waals surface area (Å²) in [6, 6.07) is -0.808. The van der Waals surface area contributed by atoms with Gasteiger partial charge >= 0.3 is 0 Å². The quantitative estimate of drug-likeness (QED) is 0.113. The summed E-state index contributed by atoms with van der Waals surface area (Å²) < 4.78 is 11.0. The predicted octanol–water partition coefficient (Wildman–Crippen LogP) is 2.09. The molecule has 7 atom stereocenters. The zero-order valence-corrected chi connectivity index (χ0v) is 22.0. The second kappa shape index (κ2) is 19.7. The lowest BCUT2D eigenvalue weighted by molar-refractivity contribution is -0.302. The number of ether oxygens (including phenoxy) is 2. The summed E-state index contributed by atoms with van der Waals surface area (Å²) in [5.74, 6) is -0.212. The lowest BCUT2D eigenvalue weighted by atomic mass is 9.99. The molecular weight excluding hydrogens is 466 g/mol. The smallest absolute Gasteiger partial charge is 0.220 e. The minimum Gasteiger partial charge on any atom is -0.394 e. The van der Waals surface area contributed by atoms with Gasteiger partial charge in [-0.2, -0.15) is 0 Å². The average molecular weight is 516 g/mol. The van der Waals surface area contributed by atoms with Crippen molar-refractivity contribution in [3.63, 3.8) is 0 Å². The molecule has 9 nitrogen and oxygen atoms in total. The minimum absolute atomic E-state index is 0.202. The maximum Gasteiger partial charge on any atom is 0.220 e. The number of hydrogen-bond donors (Lipinski definition) is 6. The molecule has 1 amide bonds. The third kappa shape index (κ3) is 12.8. The summed E-state index contributed by atoms with van der Waals surface area (Å²) in [6.07, 6.45) is 10.1. The first-order chi connectivity index (χ1) is 17.3. The Kier molecular flexibility index (Phi) is 17.9. The minimum atomic E-state index is -1.56. The molecule has 0 bridgehead atoms. The Labute approximate surface area is 216 Å². The third-order valence-electron chi connectivity index (χ3n) is 6.28. The molecule has 0 aromatic rings. The molecule has 1 aliphatic rings. The molecular formula is C27H49NO8. The predicted molar refractivity (Wildman–Crippen MR) is 138 cm³/mol. The molecule has 0 aromatic carbocycles. The SMILES string of the molecule is CCCCC/C=C/CC/C=C/C(O)C(COC1OC(CO)C(O)C(O)C1O)NC(=O)CCCCCC. The van der Waals surface area contributed by atoms with E-state index >= 15 is 0 Å². The number of allylic oxidation sites excluding steroid dienone is 3. The molecule has 0 aliphatic carbocycles. The molecule has 1 heterocycles. The van der Waals surface area contributed by atoms with E-state index in [2.05, 4.69) is 31.3 Å². The second-order valence-corrected chi connectivity index (χ2v) is 9.48. The van der Waals surface area contributed by atoms with Gasteiger partial charge in [-0.15, -0.1) is 0 Å². The van der Waals surface area contributed by atoms with Gasteiger partial charge in [0.05, 0.1) is 25.4 Å². The maximum atomic E-state index is 12.5. The van der Waals surface area contributed by atoms with Crippen molar-refractivity contribution in [2.75, 3.05) is 13.2 Å². The Bertz CT molecular complexity index is 627. The van der Waals surface area contributed by atoms with Crippen LogP contribution in [0.5, 0.6) is 0 Å². The third-order valence-corrected chi connectivity index (χ3v) is 6.28. The van der Waals surface area contributed by atoms with Crippen molar-refractivity contribution >= 4 is 5.91 Å². The van der Waals surface area contributed by atoms with Gasteiger partial charge in [0.15, 0.2) is 6.29 Å². The zero-order chi connectivity index (χ0) is 26.8. The number of nitrogens with one attached hydrogen (secondary N) is 1. The molecule has 0 radical (unpaired) electrons. The summed E-state index contributed by atoms with van der Waals surface area (Å²) in [5.41, 5.74) is 0. The summed E-state index contributed by atoms with van der Waals surface area (Å²) in [4.78, 5) is 12.5. The summed E-state index contributed by atoms with van der Waals surface area (Å²) in [7, 11) is 0. The first kappa shape index (κ1) is 32.7. The van der Waals surface area contributed by atoms with Crippen LogP contribution in [-0.4, -0.2) is 87.5 Å². The van der Waals surface area contributed by atoms with Crippen LogP contribution in [0.3, 0.4) is 0 Å². The number of rotatable bonds is 19. The van der Waals surface area contributed by atoms with Crippen molar-refractivity contribution in [2.45, 2.75) is 127 Å². The van der Waals surface area contributed by atoms with E-state index < -0.39 is 49.5 Å². The Hall–Kier alpha value is -1.33. The van der Waals surface area contributed by atoms with Crippen molar-refractivity contribution < 1.29 is 39.8 Å². The highest BCUT2D eigenvalue weighted by Gasteiger charge is 2.44. The van der Waals surface area contributed by atoms with Gasteiger partial charge in [-0.05, 0) is 32.1 Å². The first-order valence-corrected chi connectivity index (χ1v) is 13.6. The average Bonchev–Trinajstić information content (AvgIpc) is 2.87. The normalized spacial score (nSPS) is 26.5. The van der Waals surface area contributed by atoms with Crippen LogP contribution in [0.4, 0.5) is 0 Å². The highest BCUT2D eigenvalue weighted by atomic mass is 16.7. The van der Waals surface area contributed by atoms with Crippen molar-refractivity contribution in [1.29, 1.82) is 0 Å². The van der Waals surface area contributed by atoms with E-state index in [0.29, 0.717) is 6.42 Å². The lowest BCUT2D eigenvalue weighted by Gasteiger charge is -2.40. The zero-order valence-electron chi connectivity index (χ0n) is 22.0. The topological polar surface area (TPSA) is 149 Å². The van der Waals surface area contributed by atoms with E-state index in [1.165, 1.54) is 19.3 Å². The lowest BCUT2D eigenvalue weighted by Crippen LogP contribution is -2.60. The van der Waals surface area contributed by atoms with Crippen LogP contribution in [-0.2, 0) is 14.3 Å². The molecule has 6 N–H and O–H groups in total. The molecule has 0 saturated carbocycles. The van der Waals surface area contributed by atoms with Gasteiger partial charge in [0, 0.05) is 6.42 Å². The number of aliphatic hydroxyl groups excluding tert-OH is 5. The van der Waals surface area contributed by atoms with Gasteiger partial charge in [-0.1, -0.05) is 70.3 Å². The molecule has 0 aromatic heterocycles. The van der Waals surface area contributed by atoms with Crippen LogP contribution < -0.4 is 5.32 Å². The Morgan fingerprint density at radius 2 is 1.58 bits per heavy atom. The molecule has 1 rings (SSSR count). The number of carbonyl (C=O) groups excluding carboxylic acids is 1. The fourth-order valence-electron chi connectivity index (χ4n) is 3.93. The largest absolute Gasteiger partial charge is 0.394 e.